The van der Waals surface area contributed by atoms with E-state index in [0.29, 0.717) is 24.3 Å². The van der Waals surface area contributed by atoms with Gasteiger partial charge in [-0.25, -0.2) is 4.39 Å². The van der Waals surface area contributed by atoms with Crippen LogP contribution in [0.25, 0.3) is 0 Å². The summed E-state index contributed by atoms with van der Waals surface area (Å²) in [5.41, 5.74) is -1.02. The van der Waals surface area contributed by atoms with Gasteiger partial charge in [0, 0.05) is 12.8 Å². The zero-order chi connectivity index (χ0) is 9.90. The lowest BCUT2D eigenvalue weighted by atomic mass is 9.83. The molecule has 0 saturated carbocycles. The van der Waals surface area contributed by atoms with Crippen LogP contribution in [0, 0.1) is 5.92 Å². The molecule has 0 spiro atoms. The summed E-state index contributed by atoms with van der Waals surface area (Å²) >= 11 is -0.747. The second kappa shape index (κ2) is 4.65. The maximum Gasteiger partial charge on any atom is 0.122 e. The standard InChI is InChI=1S/C10H19FOS/c1-3-4-9(2)10(11)5-7-13(12)8-6-10/h9H,3-8H2,1-2H3. The van der Waals surface area contributed by atoms with Gasteiger partial charge in [0.25, 0.3) is 0 Å². The molecule has 1 atom stereocenters. The van der Waals surface area contributed by atoms with Gasteiger partial charge in [0.2, 0.25) is 0 Å². The van der Waals surface area contributed by atoms with E-state index >= 15 is 0 Å². The normalized spacial score (nSPS) is 37.4. The summed E-state index contributed by atoms with van der Waals surface area (Å²) in [6.07, 6.45) is 2.99. The third-order valence-electron chi connectivity index (χ3n) is 3.10. The summed E-state index contributed by atoms with van der Waals surface area (Å²) in [6, 6.07) is 0. The first-order chi connectivity index (χ1) is 6.08. The minimum atomic E-state index is -1.02. The van der Waals surface area contributed by atoms with E-state index in [0.717, 1.165) is 12.8 Å². The Balaban J connectivity index is 2.46. The number of rotatable bonds is 3. The lowest BCUT2D eigenvalue weighted by Gasteiger charge is -2.35. The Kier molecular flexibility index (Phi) is 4.05. The molecule has 0 N–H and O–H groups in total. The Morgan fingerprint density at radius 2 is 2.00 bits per heavy atom. The van der Waals surface area contributed by atoms with Crippen LogP contribution in [0.2, 0.25) is 0 Å². The Labute approximate surface area is 83.3 Å². The molecule has 1 nitrogen and oxygen atoms in total. The number of hydrogen-bond acceptors (Lipinski definition) is 1. The van der Waals surface area contributed by atoms with Crippen LogP contribution in [-0.4, -0.2) is 21.7 Å². The average Bonchev–Trinajstić information content (AvgIpc) is 2.11. The first-order valence-corrected chi connectivity index (χ1v) is 6.61. The van der Waals surface area contributed by atoms with Crippen molar-refractivity contribution < 1.29 is 8.94 Å². The second-order valence-corrected chi connectivity index (χ2v) is 5.77. The van der Waals surface area contributed by atoms with Crippen molar-refractivity contribution in [1.82, 2.24) is 0 Å². The molecule has 1 aliphatic rings. The van der Waals surface area contributed by atoms with Gasteiger partial charge in [-0.05, 0) is 12.3 Å². The van der Waals surface area contributed by atoms with E-state index < -0.39 is 16.8 Å². The van der Waals surface area contributed by atoms with Crippen LogP contribution in [0.1, 0.15) is 39.5 Å². The van der Waals surface area contributed by atoms with Crippen LogP contribution in [-0.2, 0) is 11.2 Å². The molecule has 1 heterocycles. The molecule has 1 aliphatic heterocycles. The number of halogens is 1. The van der Waals surface area contributed by atoms with Crippen LogP contribution in [0.15, 0.2) is 0 Å². The van der Waals surface area contributed by atoms with Gasteiger partial charge in [-0.2, -0.15) is 0 Å². The van der Waals surface area contributed by atoms with Gasteiger partial charge in [-0.3, -0.25) is 0 Å². The molecule has 0 aliphatic carbocycles. The highest BCUT2D eigenvalue weighted by molar-refractivity contribution is 7.91. The van der Waals surface area contributed by atoms with Gasteiger partial charge < -0.3 is 4.55 Å². The van der Waals surface area contributed by atoms with Gasteiger partial charge >= 0.3 is 0 Å². The topological polar surface area (TPSA) is 23.1 Å². The monoisotopic (exact) mass is 206 g/mol. The van der Waals surface area contributed by atoms with Crippen LogP contribution in [0.4, 0.5) is 4.39 Å². The zero-order valence-electron chi connectivity index (χ0n) is 8.51. The Morgan fingerprint density at radius 1 is 1.46 bits per heavy atom. The van der Waals surface area contributed by atoms with E-state index in [-0.39, 0.29) is 5.92 Å². The molecule has 78 valence electrons. The van der Waals surface area contributed by atoms with Gasteiger partial charge in [-0.15, -0.1) is 0 Å². The molecular formula is C10H19FOS. The van der Waals surface area contributed by atoms with Crippen LogP contribution < -0.4 is 0 Å². The molecule has 0 aromatic carbocycles. The summed E-state index contributed by atoms with van der Waals surface area (Å²) in [5.74, 6) is 1.25. The fourth-order valence-electron chi connectivity index (χ4n) is 1.98. The average molecular weight is 206 g/mol. The summed E-state index contributed by atoms with van der Waals surface area (Å²) in [4.78, 5) is 0. The van der Waals surface area contributed by atoms with Crippen LogP contribution >= 0.6 is 0 Å². The minimum absolute atomic E-state index is 0.134. The highest BCUT2D eigenvalue weighted by atomic mass is 32.2. The maximum atomic E-state index is 14.2. The first kappa shape index (κ1) is 11.3. The van der Waals surface area contributed by atoms with Crippen molar-refractivity contribution in [1.29, 1.82) is 0 Å². The molecule has 3 heteroatoms. The quantitative estimate of drug-likeness (QED) is 0.651. The third-order valence-corrected chi connectivity index (χ3v) is 4.41. The van der Waals surface area contributed by atoms with Gasteiger partial charge in [-0.1, -0.05) is 31.4 Å². The molecule has 13 heavy (non-hydrogen) atoms. The fraction of sp³-hybridized carbons (Fsp3) is 1.00. The van der Waals surface area contributed by atoms with Crippen molar-refractivity contribution in [3.05, 3.63) is 0 Å². The molecule has 1 fully saturated rings. The third kappa shape index (κ3) is 2.84. The van der Waals surface area contributed by atoms with Crippen molar-refractivity contribution in [2.75, 3.05) is 11.5 Å². The molecule has 0 aromatic heterocycles. The van der Waals surface area contributed by atoms with E-state index in [1.165, 1.54) is 0 Å². The summed E-state index contributed by atoms with van der Waals surface area (Å²) in [7, 11) is 0. The summed E-state index contributed by atoms with van der Waals surface area (Å²) < 4.78 is 25.3. The Morgan fingerprint density at radius 3 is 2.46 bits per heavy atom. The smallest absolute Gasteiger partial charge is 0.122 e. The zero-order valence-corrected chi connectivity index (χ0v) is 9.33. The molecule has 0 radical (unpaired) electrons. The fourth-order valence-corrected chi connectivity index (χ4v) is 3.32. The van der Waals surface area contributed by atoms with Gasteiger partial charge in [0.1, 0.15) is 17.2 Å². The van der Waals surface area contributed by atoms with Crippen LogP contribution in [0.5, 0.6) is 0 Å². The summed E-state index contributed by atoms with van der Waals surface area (Å²) in [5, 5.41) is 0. The molecule has 1 rings (SSSR count). The maximum absolute atomic E-state index is 14.2. The van der Waals surface area contributed by atoms with E-state index in [1.54, 1.807) is 0 Å². The SMILES string of the molecule is CCCC(C)C1(F)CC[S+]([O-])CC1. The molecule has 0 bridgehead atoms. The second-order valence-electron chi connectivity index (χ2n) is 4.07. The van der Waals surface area contributed by atoms with Gasteiger partial charge in [0.05, 0.1) is 0 Å². The summed E-state index contributed by atoms with van der Waals surface area (Å²) in [6.45, 7) is 4.07. The van der Waals surface area contributed by atoms with E-state index in [4.69, 9.17) is 0 Å². The van der Waals surface area contributed by atoms with Gasteiger partial charge in [0.15, 0.2) is 0 Å². The number of alkyl halides is 1. The van der Waals surface area contributed by atoms with Crippen molar-refractivity contribution >= 4 is 11.2 Å². The Bertz CT molecular complexity index is 155. The molecule has 0 aromatic rings. The van der Waals surface area contributed by atoms with E-state index in [1.807, 2.05) is 6.92 Å². The predicted octanol–water partition coefficient (Wildman–Crippen LogP) is 2.67. The lowest BCUT2D eigenvalue weighted by molar-refractivity contribution is 0.0726. The van der Waals surface area contributed by atoms with Crippen molar-refractivity contribution in [2.24, 2.45) is 5.92 Å². The molecule has 1 saturated heterocycles. The number of hydrogen-bond donors (Lipinski definition) is 0. The van der Waals surface area contributed by atoms with E-state index in [2.05, 4.69) is 6.92 Å². The van der Waals surface area contributed by atoms with Crippen LogP contribution in [0.3, 0.4) is 0 Å². The lowest BCUT2D eigenvalue weighted by Crippen LogP contribution is -2.40. The minimum Gasteiger partial charge on any atom is -0.616 e. The predicted molar refractivity (Wildman–Crippen MR) is 55.0 cm³/mol. The largest absolute Gasteiger partial charge is 0.616 e. The first-order valence-electron chi connectivity index (χ1n) is 5.12. The molecule has 1 unspecified atom stereocenters. The van der Waals surface area contributed by atoms with Crippen molar-refractivity contribution in [3.63, 3.8) is 0 Å². The van der Waals surface area contributed by atoms with Crippen molar-refractivity contribution in [2.45, 2.75) is 45.2 Å². The van der Waals surface area contributed by atoms with Crippen molar-refractivity contribution in [3.8, 4) is 0 Å². The highest BCUT2D eigenvalue weighted by Crippen LogP contribution is 2.36. The Hall–Kier alpha value is 0.240. The van der Waals surface area contributed by atoms with E-state index in [9.17, 15) is 8.94 Å². The molecule has 0 amide bonds. The highest BCUT2D eigenvalue weighted by Gasteiger charge is 2.41. The molecular weight excluding hydrogens is 187 g/mol.